The molecule has 34 heavy (non-hydrogen) atoms. The van der Waals surface area contributed by atoms with Gasteiger partial charge < -0.3 is 10.1 Å². The lowest BCUT2D eigenvalue weighted by Gasteiger charge is -2.20. The van der Waals surface area contributed by atoms with Crippen LogP contribution in [0.25, 0.3) is 11.3 Å². The summed E-state index contributed by atoms with van der Waals surface area (Å²) in [7, 11) is 2.87. The number of methoxy groups -OCH3 is 1. The zero-order valence-electron chi connectivity index (χ0n) is 19.1. The van der Waals surface area contributed by atoms with Gasteiger partial charge in [0.2, 0.25) is 0 Å². The van der Waals surface area contributed by atoms with Gasteiger partial charge in [-0.1, -0.05) is 18.2 Å². The van der Waals surface area contributed by atoms with Gasteiger partial charge in [0.25, 0.3) is 17.8 Å². The Morgan fingerprint density at radius 3 is 2.38 bits per heavy atom. The number of carbonyl (C=O) groups is 1. The van der Waals surface area contributed by atoms with Crippen molar-refractivity contribution in [2.75, 3.05) is 7.11 Å². The van der Waals surface area contributed by atoms with Gasteiger partial charge in [-0.15, -0.1) is 0 Å². The number of benzene rings is 1. The van der Waals surface area contributed by atoms with E-state index in [1.807, 2.05) is 0 Å². The van der Waals surface area contributed by atoms with Gasteiger partial charge in [-0.05, 0) is 36.6 Å². The highest BCUT2D eigenvalue weighted by molar-refractivity contribution is 5.93. The van der Waals surface area contributed by atoms with E-state index in [2.05, 4.69) is 15.4 Å². The second kappa shape index (κ2) is 8.11. The molecule has 1 aliphatic carbocycles. The first-order valence-electron chi connectivity index (χ1n) is 10.6. The molecule has 0 spiro atoms. The number of aromatic nitrogens is 3. The van der Waals surface area contributed by atoms with Crippen molar-refractivity contribution >= 4 is 5.91 Å². The van der Waals surface area contributed by atoms with Crippen molar-refractivity contribution in [1.29, 1.82) is 0 Å². The molecule has 180 valence electrons. The average molecular weight is 476 g/mol. The number of aryl methyl sites for hydroxylation is 1. The summed E-state index contributed by atoms with van der Waals surface area (Å²) in [6.45, 7) is 1.54. The Kier molecular flexibility index (Phi) is 5.65. The largest absolute Gasteiger partial charge is 0.494 e. The SMILES string of the molecule is COc1cc(C2(NC(=O)c3cc(C(C)(F)F)nn3C)CC2)cnc1-c1cccc(C(C)(F)F)c1. The molecule has 1 amide bonds. The van der Waals surface area contributed by atoms with Crippen LogP contribution in [0.3, 0.4) is 0 Å². The Labute approximate surface area is 194 Å². The molecule has 4 rings (SSSR count). The topological polar surface area (TPSA) is 69.0 Å². The Balaban J connectivity index is 1.62. The molecular formula is C24H24F4N4O2. The highest BCUT2D eigenvalue weighted by Crippen LogP contribution is 2.47. The highest BCUT2D eigenvalue weighted by atomic mass is 19.3. The zero-order valence-corrected chi connectivity index (χ0v) is 19.1. The first kappa shape index (κ1) is 23.7. The van der Waals surface area contributed by atoms with E-state index in [0.717, 1.165) is 24.6 Å². The normalized spacial score (nSPS) is 15.2. The van der Waals surface area contributed by atoms with Crippen LogP contribution in [0.5, 0.6) is 5.75 Å². The Morgan fingerprint density at radius 1 is 1.12 bits per heavy atom. The van der Waals surface area contributed by atoms with E-state index >= 15 is 0 Å². The van der Waals surface area contributed by atoms with Gasteiger partial charge >= 0.3 is 0 Å². The summed E-state index contributed by atoms with van der Waals surface area (Å²) in [5.74, 6) is -6.34. The number of pyridine rings is 1. The maximum Gasteiger partial charge on any atom is 0.288 e. The summed E-state index contributed by atoms with van der Waals surface area (Å²) < 4.78 is 61.4. The summed E-state index contributed by atoms with van der Waals surface area (Å²) in [4.78, 5) is 17.3. The monoisotopic (exact) mass is 476 g/mol. The lowest BCUT2D eigenvalue weighted by molar-refractivity contribution is 0.0121. The van der Waals surface area contributed by atoms with Crippen LogP contribution in [0, 0.1) is 0 Å². The molecule has 0 radical (unpaired) electrons. The Morgan fingerprint density at radius 2 is 1.82 bits per heavy atom. The van der Waals surface area contributed by atoms with Crippen molar-refractivity contribution in [1.82, 2.24) is 20.1 Å². The van der Waals surface area contributed by atoms with Crippen LogP contribution in [-0.4, -0.2) is 27.8 Å². The van der Waals surface area contributed by atoms with Crippen LogP contribution in [0.2, 0.25) is 0 Å². The molecule has 0 saturated heterocycles. The zero-order chi connectivity index (χ0) is 24.9. The van der Waals surface area contributed by atoms with Crippen molar-refractivity contribution in [3.05, 3.63) is 65.1 Å². The van der Waals surface area contributed by atoms with Gasteiger partial charge in [0, 0.05) is 38.2 Å². The van der Waals surface area contributed by atoms with Crippen molar-refractivity contribution in [3.8, 4) is 17.0 Å². The van der Waals surface area contributed by atoms with E-state index in [1.54, 1.807) is 18.3 Å². The number of ether oxygens (including phenoxy) is 1. The Bertz CT molecular complexity index is 1240. The Hall–Kier alpha value is -3.43. The maximum absolute atomic E-state index is 13.8. The molecule has 1 N–H and O–H groups in total. The molecule has 10 heteroatoms. The van der Waals surface area contributed by atoms with Crippen molar-refractivity contribution in [2.24, 2.45) is 7.05 Å². The summed E-state index contributed by atoms with van der Waals surface area (Å²) in [6.07, 6.45) is 2.81. The van der Waals surface area contributed by atoms with E-state index in [9.17, 15) is 22.4 Å². The fourth-order valence-corrected chi connectivity index (χ4v) is 3.80. The van der Waals surface area contributed by atoms with Gasteiger partial charge in [-0.25, -0.2) is 8.78 Å². The summed E-state index contributed by atoms with van der Waals surface area (Å²) >= 11 is 0. The molecule has 1 fully saturated rings. The molecule has 1 saturated carbocycles. The van der Waals surface area contributed by atoms with E-state index in [4.69, 9.17) is 4.74 Å². The van der Waals surface area contributed by atoms with Crippen molar-refractivity contribution in [2.45, 2.75) is 44.1 Å². The minimum absolute atomic E-state index is 0.0108. The lowest BCUT2D eigenvalue weighted by Crippen LogP contribution is -2.36. The van der Waals surface area contributed by atoms with Crippen LogP contribution >= 0.6 is 0 Å². The third-order valence-corrected chi connectivity index (χ3v) is 5.93. The highest BCUT2D eigenvalue weighted by Gasteiger charge is 2.47. The fourth-order valence-electron chi connectivity index (χ4n) is 3.80. The summed E-state index contributed by atoms with van der Waals surface area (Å²) in [6, 6.07) is 8.69. The van der Waals surface area contributed by atoms with E-state index < -0.39 is 29.0 Å². The van der Waals surface area contributed by atoms with Gasteiger partial charge in [0.1, 0.15) is 22.8 Å². The number of rotatable bonds is 7. The van der Waals surface area contributed by atoms with Gasteiger partial charge in [-0.2, -0.15) is 13.9 Å². The van der Waals surface area contributed by atoms with Crippen LogP contribution in [0.1, 0.15) is 54.0 Å². The smallest absolute Gasteiger partial charge is 0.288 e. The molecule has 1 aromatic carbocycles. The van der Waals surface area contributed by atoms with E-state index in [1.165, 1.54) is 32.4 Å². The molecule has 1 aliphatic rings. The standard InChI is InChI=1S/C24H24F4N4O2/c1-22(25,26)15-7-5-6-14(10-15)20-18(34-4)11-16(13-29-20)24(8-9-24)30-21(33)17-12-19(23(2,27)28)31-32(17)3/h5-7,10-13H,8-9H2,1-4H3,(H,30,33). The lowest BCUT2D eigenvalue weighted by atomic mass is 10.0. The fraction of sp³-hybridized carbons (Fsp3) is 0.375. The number of hydrogen-bond donors (Lipinski definition) is 1. The minimum Gasteiger partial charge on any atom is -0.494 e. The number of carbonyl (C=O) groups excluding carboxylic acids is 1. The van der Waals surface area contributed by atoms with E-state index in [-0.39, 0.29) is 11.3 Å². The molecule has 0 aliphatic heterocycles. The third kappa shape index (κ3) is 4.49. The number of halogens is 4. The molecule has 0 bridgehead atoms. The molecule has 6 nitrogen and oxygen atoms in total. The summed E-state index contributed by atoms with van der Waals surface area (Å²) in [5, 5.41) is 6.65. The van der Waals surface area contributed by atoms with Gasteiger partial charge in [0.15, 0.2) is 0 Å². The van der Waals surface area contributed by atoms with Gasteiger partial charge in [0.05, 0.1) is 12.6 Å². The quantitative estimate of drug-likeness (QED) is 0.480. The first-order chi connectivity index (χ1) is 15.8. The van der Waals surface area contributed by atoms with Crippen LogP contribution in [0.15, 0.2) is 42.6 Å². The number of nitrogens with zero attached hydrogens (tertiary/aromatic N) is 3. The predicted molar refractivity (Wildman–Crippen MR) is 117 cm³/mol. The number of nitrogens with one attached hydrogen (secondary N) is 1. The number of hydrogen-bond acceptors (Lipinski definition) is 4. The maximum atomic E-state index is 13.8. The van der Waals surface area contributed by atoms with Crippen LogP contribution in [-0.2, 0) is 24.4 Å². The molecule has 2 aromatic heterocycles. The molecular weight excluding hydrogens is 452 g/mol. The third-order valence-electron chi connectivity index (χ3n) is 5.93. The summed E-state index contributed by atoms with van der Waals surface area (Å²) in [5.41, 5.74) is 0.181. The predicted octanol–water partition coefficient (Wildman–Crippen LogP) is 5.13. The molecule has 0 unspecified atom stereocenters. The molecule has 2 heterocycles. The molecule has 0 atom stereocenters. The van der Waals surface area contributed by atoms with Crippen LogP contribution < -0.4 is 10.1 Å². The first-order valence-corrected chi connectivity index (χ1v) is 10.6. The van der Waals surface area contributed by atoms with Gasteiger partial charge in [-0.3, -0.25) is 14.5 Å². The van der Waals surface area contributed by atoms with E-state index in [0.29, 0.717) is 35.4 Å². The van der Waals surface area contributed by atoms with Crippen LogP contribution in [0.4, 0.5) is 17.6 Å². The molecule has 3 aromatic rings. The number of alkyl halides is 4. The second-order valence-corrected chi connectivity index (χ2v) is 8.71. The van der Waals surface area contributed by atoms with Crippen molar-refractivity contribution < 1.29 is 27.1 Å². The number of amides is 1. The van der Waals surface area contributed by atoms with Crippen molar-refractivity contribution in [3.63, 3.8) is 0 Å². The second-order valence-electron chi connectivity index (χ2n) is 8.71. The minimum atomic E-state index is -3.17. The average Bonchev–Trinajstić information content (AvgIpc) is 3.43.